The zero-order valence-corrected chi connectivity index (χ0v) is 13.8. The predicted octanol–water partition coefficient (Wildman–Crippen LogP) is 0.0756. The van der Waals surface area contributed by atoms with Gasteiger partial charge in [-0.2, -0.15) is 9.58 Å². The molecule has 1 N–H and O–H groups in total. The molecule has 0 unspecified atom stereocenters. The van der Waals surface area contributed by atoms with E-state index in [9.17, 15) is 19.5 Å². The Morgan fingerprint density at radius 3 is 2.38 bits per heavy atom. The van der Waals surface area contributed by atoms with Crippen molar-refractivity contribution in [3.63, 3.8) is 0 Å². The maximum Gasteiger partial charge on any atom is 0.344 e. The quantitative estimate of drug-likeness (QED) is 0.464. The van der Waals surface area contributed by atoms with Gasteiger partial charge in [0.05, 0.1) is 17.9 Å². The highest BCUT2D eigenvalue weighted by Gasteiger charge is 2.40. The van der Waals surface area contributed by atoms with Crippen LogP contribution in [0.5, 0.6) is 0 Å². The van der Waals surface area contributed by atoms with Crippen molar-refractivity contribution in [2.45, 2.75) is 6.92 Å². The number of aromatic nitrogens is 1. The van der Waals surface area contributed by atoms with Gasteiger partial charge in [0, 0.05) is 17.9 Å². The molecule has 1 aromatic carbocycles. The molecule has 132 valence electrons. The highest BCUT2D eigenvalue weighted by molar-refractivity contribution is 6.29. The normalized spacial score (nSPS) is 14.0. The number of esters is 1. The zero-order chi connectivity index (χ0) is 18.7. The third-order valence-corrected chi connectivity index (χ3v) is 3.63. The minimum Gasteiger partial charge on any atom is -0.864 e. The van der Waals surface area contributed by atoms with Crippen molar-refractivity contribution in [1.29, 1.82) is 0 Å². The second-order valence-electron chi connectivity index (χ2n) is 5.32. The van der Waals surface area contributed by atoms with Crippen molar-refractivity contribution in [3.05, 3.63) is 66.2 Å². The van der Waals surface area contributed by atoms with E-state index in [1.165, 1.54) is 29.1 Å². The van der Waals surface area contributed by atoms with Crippen LogP contribution in [0.25, 0.3) is 5.70 Å². The fourth-order valence-corrected chi connectivity index (χ4v) is 2.40. The first-order chi connectivity index (χ1) is 12.5. The molecule has 2 aromatic rings. The Labute approximate surface area is 148 Å². The molecule has 0 saturated carbocycles. The molecule has 1 aliphatic rings. The molecule has 0 fully saturated rings. The lowest BCUT2D eigenvalue weighted by Crippen LogP contribution is -2.42. The fourth-order valence-electron chi connectivity index (χ4n) is 2.40. The van der Waals surface area contributed by atoms with Gasteiger partial charge in [0.1, 0.15) is 0 Å². The van der Waals surface area contributed by atoms with Crippen LogP contribution in [0.2, 0.25) is 0 Å². The van der Waals surface area contributed by atoms with E-state index in [0.29, 0.717) is 10.7 Å². The Morgan fingerprint density at radius 1 is 1.12 bits per heavy atom. The second-order valence-corrected chi connectivity index (χ2v) is 5.32. The van der Waals surface area contributed by atoms with E-state index in [2.05, 4.69) is 5.43 Å². The van der Waals surface area contributed by atoms with Crippen LogP contribution in [0, 0.1) is 0 Å². The first-order valence-corrected chi connectivity index (χ1v) is 7.83. The zero-order valence-electron chi connectivity index (χ0n) is 13.8. The van der Waals surface area contributed by atoms with Crippen molar-refractivity contribution in [2.24, 2.45) is 0 Å². The molecule has 0 radical (unpaired) electrons. The van der Waals surface area contributed by atoms with E-state index in [0.717, 1.165) is 0 Å². The maximum absolute atomic E-state index is 12.5. The average Bonchev–Trinajstić information content (AvgIpc) is 2.86. The standard InChI is InChI=1S/C18H15N3O5/c1-2-26-18(25)12-8-10-20(11-9-12)14-15(22)17(24)21(16(14)23)19-13-6-4-3-5-7-13/h3-11,19H,2H2,1H3. The number of anilines is 1. The number of nitrogens with zero attached hydrogens (tertiary/aromatic N) is 2. The highest BCUT2D eigenvalue weighted by Crippen LogP contribution is 2.18. The Bertz CT molecular complexity index is 891. The van der Waals surface area contributed by atoms with Crippen LogP contribution in [0.15, 0.2) is 60.6 Å². The lowest BCUT2D eigenvalue weighted by atomic mass is 10.2. The van der Waals surface area contributed by atoms with Crippen LogP contribution in [-0.4, -0.2) is 29.4 Å². The molecule has 0 aliphatic carbocycles. The van der Waals surface area contributed by atoms with Gasteiger partial charge in [-0.05, 0) is 19.1 Å². The molecule has 0 spiro atoms. The number of carbonyl (C=O) groups is 3. The van der Waals surface area contributed by atoms with Crippen molar-refractivity contribution in [1.82, 2.24) is 5.01 Å². The lowest BCUT2D eigenvalue weighted by molar-refractivity contribution is -0.581. The van der Waals surface area contributed by atoms with E-state index in [4.69, 9.17) is 4.74 Å². The first kappa shape index (κ1) is 17.2. The summed E-state index contributed by atoms with van der Waals surface area (Å²) >= 11 is 0. The number of amides is 2. The molecule has 0 bridgehead atoms. The summed E-state index contributed by atoms with van der Waals surface area (Å²) in [6.45, 7) is 1.92. The number of imide groups is 1. The molecule has 2 amide bonds. The van der Waals surface area contributed by atoms with Gasteiger partial charge in [-0.3, -0.25) is 15.0 Å². The monoisotopic (exact) mass is 353 g/mol. The van der Waals surface area contributed by atoms with E-state index >= 15 is 0 Å². The van der Waals surface area contributed by atoms with Gasteiger partial charge in [0.15, 0.2) is 12.4 Å². The fraction of sp³-hybridized carbons (Fsp3) is 0.111. The number of pyridine rings is 1. The van der Waals surface area contributed by atoms with Crippen LogP contribution in [-0.2, 0) is 14.3 Å². The molecule has 1 aliphatic heterocycles. The molecule has 26 heavy (non-hydrogen) atoms. The van der Waals surface area contributed by atoms with Gasteiger partial charge in [0.25, 0.3) is 11.6 Å². The SMILES string of the molecule is CCOC(=O)c1cc[n+](C2=C([O-])C(=O)N(Nc3ccccc3)C2=O)cc1. The average molecular weight is 353 g/mol. The topological polar surface area (TPSA) is 103 Å². The summed E-state index contributed by atoms with van der Waals surface area (Å²) in [4.78, 5) is 36.3. The van der Waals surface area contributed by atoms with Gasteiger partial charge in [-0.1, -0.05) is 18.2 Å². The molecule has 8 nitrogen and oxygen atoms in total. The maximum atomic E-state index is 12.5. The van der Waals surface area contributed by atoms with Crippen LogP contribution < -0.4 is 15.1 Å². The molecule has 0 atom stereocenters. The Hall–Kier alpha value is -3.68. The van der Waals surface area contributed by atoms with Crippen molar-refractivity contribution < 1.29 is 28.8 Å². The number of carbonyl (C=O) groups excluding carboxylic acids is 3. The van der Waals surface area contributed by atoms with Gasteiger partial charge >= 0.3 is 11.9 Å². The summed E-state index contributed by atoms with van der Waals surface area (Å²) in [5.41, 5.74) is 3.06. The van der Waals surface area contributed by atoms with Crippen LogP contribution in [0.4, 0.5) is 5.69 Å². The molecular formula is C18H15N3O5. The second kappa shape index (κ2) is 7.06. The summed E-state index contributed by atoms with van der Waals surface area (Å²) < 4.78 is 6.08. The smallest absolute Gasteiger partial charge is 0.344 e. The number of ether oxygens (including phenoxy) is 1. The summed E-state index contributed by atoms with van der Waals surface area (Å²) in [6, 6.07) is 11.4. The van der Waals surface area contributed by atoms with Crippen LogP contribution in [0.3, 0.4) is 0 Å². The minimum atomic E-state index is -0.976. The van der Waals surface area contributed by atoms with E-state index < -0.39 is 23.5 Å². The number of hydrogen-bond donors (Lipinski definition) is 1. The molecule has 2 heterocycles. The number of rotatable bonds is 5. The van der Waals surface area contributed by atoms with E-state index in [1.54, 1.807) is 37.3 Å². The van der Waals surface area contributed by atoms with Gasteiger partial charge in [-0.25, -0.2) is 4.79 Å². The number of nitrogens with one attached hydrogen (secondary N) is 1. The van der Waals surface area contributed by atoms with Gasteiger partial charge < -0.3 is 9.84 Å². The summed E-state index contributed by atoms with van der Waals surface area (Å²) in [6.07, 6.45) is 2.72. The van der Waals surface area contributed by atoms with E-state index in [1.807, 2.05) is 0 Å². The Balaban J connectivity index is 1.84. The summed E-state index contributed by atoms with van der Waals surface area (Å²) in [5.74, 6) is -3.21. The number of benzene rings is 1. The van der Waals surface area contributed by atoms with Gasteiger partial charge in [-0.15, -0.1) is 0 Å². The molecular weight excluding hydrogens is 338 g/mol. The molecule has 1 aromatic heterocycles. The summed E-state index contributed by atoms with van der Waals surface area (Å²) in [5, 5.41) is 12.9. The molecule has 3 rings (SSSR count). The summed E-state index contributed by atoms with van der Waals surface area (Å²) in [7, 11) is 0. The van der Waals surface area contributed by atoms with Crippen LogP contribution >= 0.6 is 0 Å². The molecule has 8 heteroatoms. The molecule has 0 saturated heterocycles. The van der Waals surface area contributed by atoms with Crippen LogP contribution in [0.1, 0.15) is 17.3 Å². The van der Waals surface area contributed by atoms with Crippen molar-refractivity contribution in [3.8, 4) is 0 Å². The number of hydrogen-bond acceptors (Lipinski definition) is 6. The highest BCUT2D eigenvalue weighted by atomic mass is 16.5. The number of hydrazine groups is 1. The Morgan fingerprint density at radius 2 is 1.77 bits per heavy atom. The number of para-hydroxylation sites is 1. The first-order valence-electron chi connectivity index (χ1n) is 7.83. The lowest BCUT2D eigenvalue weighted by Gasteiger charge is -2.16. The third-order valence-electron chi connectivity index (χ3n) is 3.63. The third kappa shape index (κ3) is 3.12. The predicted molar refractivity (Wildman–Crippen MR) is 87.7 cm³/mol. The van der Waals surface area contributed by atoms with Crippen molar-refractivity contribution >= 4 is 29.2 Å². The Kier molecular flexibility index (Phi) is 4.66. The van der Waals surface area contributed by atoms with E-state index in [-0.39, 0.29) is 17.9 Å². The largest absolute Gasteiger partial charge is 0.864 e. The van der Waals surface area contributed by atoms with Gasteiger partial charge in [0.2, 0.25) is 0 Å². The van der Waals surface area contributed by atoms with Crippen molar-refractivity contribution in [2.75, 3.05) is 12.0 Å². The minimum absolute atomic E-state index is 0.233.